The van der Waals surface area contributed by atoms with Crippen molar-refractivity contribution in [3.8, 4) is 0 Å². The highest BCUT2D eigenvalue weighted by atomic mass is 32.2. The van der Waals surface area contributed by atoms with Gasteiger partial charge in [0.05, 0.1) is 10.4 Å². The average Bonchev–Trinajstić information content (AvgIpc) is 3.12. The van der Waals surface area contributed by atoms with E-state index in [-0.39, 0.29) is 19.8 Å². The van der Waals surface area contributed by atoms with Crippen LogP contribution in [0.2, 0.25) is 0 Å². The summed E-state index contributed by atoms with van der Waals surface area (Å²) in [5.41, 5.74) is 0.859. The van der Waals surface area contributed by atoms with Crippen molar-refractivity contribution in [2.24, 2.45) is 5.92 Å². The van der Waals surface area contributed by atoms with Crippen LogP contribution in [0.1, 0.15) is 24.8 Å². The van der Waals surface area contributed by atoms with E-state index in [1.165, 1.54) is 25.6 Å². The van der Waals surface area contributed by atoms with E-state index in [0.717, 1.165) is 46.9 Å². The molecule has 2 aromatic rings. The number of aromatic nitrogens is 1. The average molecular weight is 458 g/mol. The Morgan fingerprint density at radius 2 is 2.03 bits per heavy atom. The standard InChI is InChI=1S/C17H23N5O3S2.CH2O2.H2/c1-21(2)27(24,25)20-12-3-4-13-15(9-12)26-19-16(13)17(23)18-14-10-22-7-5-11(14)6-8-22;2-1-3;/h3-4,9,11,14,20H,5-8,10H2,1-2H3,(H,18,23);1H,(H,2,3);1H/t14-;;/m1../s1. The smallest absolute Gasteiger partial charge is 0.301 e. The Hall–Kier alpha value is -2.28. The largest absolute Gasteiger partial charge is 0.483 e. The highest BCUT2D eigenvalue weighted by Gasteiger charge is 2.35. The first-order valence-electron chi connectivity index (χ1n) is 9.46. The number of fused-ring (bicyclic) bond motifs is 4. The molecule has 3 aliphatic heterocycles. The lowest BCUT2D eigenvalue weighted by atomic mass is 9.84. The van der Waals surface area contributed by atoms with Crippen molar-refractivity contribution >= 4 is 49.9 Å². The molecular weight excluding hydrogens is 430 g/mol. The molecule has 0 aliphatic carbocycles. The van der Waals surface area contributed by atoms with Gasteiger partial charge in [0.2, 0.25) is 0 Å². The van der Waals surface area contributed by atoms with Crippen LogP contribution < -0.4 is 10.0 Å². The van der Waals surface area contributed by atoms with E-state index < -0.39 is 10.2 Å². The number of amides is 1. The van der Waals surface area contributed by atoms with Crippen LogP contribution in [0.3, 0.4) is 0 Å². The van der Waals surface area contributed by atoms with Crippen molar-refractivity contribution in [2.45, 2.75) is 18.9 Å². The molecular formula is C18H27N5O5S2. The van der Waals surface area contributed by atoms with Gasteiger partial charge in [0.25, 0.3) is 12.4 Å². The van der Waals surface area contributed by atoms with Crippen LogP contribution in [-0.2, 0) is 15.0 Å². The van der Waals surface area contributed by atoms with Gasteiger partial charge in [0, 0.05) is 33.5 Å². The van der Waals surface area contributed by atoms with E-state index in [9.17, 15) is 13.2 Å². The zero-order chi connectivity index (χ0) is 21.9. The lowest BCUT2D eigenvalue weighted by Crippen LogP contribution is -2.57. The normalized spacial score (nSPS) is 23.0. The number of hydrogen-bond acceptors (Lipinski definition) is 7. The third kappa shape index (κ3) is 4.89. The van der Waals surface area contributed by atoms with Gasteiger partial charge in [-0.05, 0) is 61.6 Å². The Morgan fingerprint density at radius 3 is 2.60 bits per heavy atom. The maximum Gasteiger partial charge on any atom is 0.301 e. The quantitative estimate of drug-likeness (QED) is 0.576. The number of carboxylic acid groups (broad SMARTS) is 1. The first-order chi connectivity index (χ1) is 14.2. The highest BCUT2D eigenvalue weighted by molar-refractivity contribution is 7.90. The molecule has 0 spiro atoms. The Kier molecular flexibility index (Phi) is 6.91. The number of carbonyl (C=O) groups is 2. The number of rotatable bonds is 5. The van der Waals surface area contributed by atoms with Crippen LogP contribution in [0.15, 0.2) is 18.2 Å². The third-order valence-corrected chi connectivity index (χ3v) is 7.65. The predicted octanol–water partition coefficient (Wildman–Crippen LogP) is 1.29. The van der Waals surface area contributed by atoms with Crippen molar-refractivity contribution in [3.63, 3.8) is 0 Å². The molecule has 1 amide bonds. The maximum atomic E-state index is 12.8. The Morgan fingerprint density at radius 1 is 1.37 bits per heavy atom. The van der Waals surface area contributed by atoms with Gasteiger partial charge in [-0.15, -0.1) is 0 Å². The van der Waals surface area contributed by atoms with Gasteiger partial charge < -0.3 is 15.3 Å². The Bertz CT molecular complexity index is 1020. The van der Waals surface area contributed by atoms with E-state index >= 15 is 0 Å². The summed E-state index contributed by atoms with van der Waals surface area (Å²) < 4.78 is 32.6. The molecule has 4 heterocycles. The maximum absolute atomic E-state index is 12.8. The van der Waals surface area contributed by atoms with E-state index in [1.807, 2.05) is 0 Å². The fraction of sp³-hybridized carbons (Fsp3) is 0.500. The van der Waals surface area contributed by atoms with Gasteiger partial charge in [0.15, 0.2) is 0 Å². The molecule has 3 aliphatic rings. The molecule has 10 nitrogen and oxygen atoms in total. The summed E-state index contributed by atoms with van der Waals surface area (Å²) in [7, 11) is -0.644. The zero-order valence-electron chi connectivity index (χ0n) is 16.7. The molecule has 30 heavy (non-hydrogen) atoms. The topological polar surface area (TPSA) is 132 Å². The Labute approximate surface area is 180 Å². The fourth-order valence-electron chi connectivity index (χ4n) is 3.77. The number of anilines is 1. The first kappa shape index (κ1) is 22.4. The van der Waals surface area contributed by atoms with Crippen LogP contribution in [0.5, 0.6) is 0 Å². The highest BCUT2D eigenvalue weighted by Crippen LogP contribution is 2.29. The van der Waals surface area contributed by atoms with E-state index in [4.69, 9.17) is 9.90 Å². The van der Waals surface area contributed by atoms with E-state index in [1.54, 1.807) is 18.2 Å². The van der Waals surface area contributed by atoms with Gasteiger partial charge >= 0.3 is 10.2 Å². The first-order valence-corrected chi connectivity index (χ1v) is 11.7. The van der Waals surface area contributed by atoms with Crippen LogP contribution in [-0.4, -0.2) is 79.3 Å². The minimum Gasteiger partial charge on any atom is -0.483 e. The minimum atomic E-state index is -3.57. The molecule has 2 bridgehead atoms. The van der Waals surface area contributed by atoms with Crippen molar-refractivity contribution in [2.75, 3.05) is 38.5 Å². The molecule has 1 aromatic carbocycles. The second kappa shape index (κ2) is 9.25. The molecule has 0 saturated carbocycles. The van der Waals surface area contributed by atoms with Gasteiger partial charge in [-0.25, -0.2) is 0 Å². The fourth-order valence-corrected chi connectivity index (χ4v) is 5.19. The van der Waals surface area contributed by atoms with Gasteiger partial charge in [0.1, 0.15) is 5.69 Å². The van der Waals surface area contributed by atoms with Crippen LogP contribution in [0.4, 0.5) is 5.69 Å². The number of hydrogen-bond donors (Lipinski definition) is 3. The molecule has 0 unspecified atom stereocenters. The summed E-state index contributed by atoms with van der Waals surface area (Å²) in [6, 6.07) is 5.29. The van der Waals surface area contributed by atoms with Crippen LogP contribution in [0, 0.1) is 5.92 Å². The SMILES string of the molecule is CN(C)S(=O)(=O)Nc1ccc2c(C(=O)N[C@@H]3CN4CCC3CC4)nsc2c1.O=CO.[HH]. The molecule has 3 fully saturated rings. The number of benzene rings is 1. The zero-order valence-corrected chi connectivity index (χ0v) is 18.4. The molecule has 166 valence electrons. The summed E-state index contributed by atoms with van der Waals surface area (Å²) >= 11 is 1.20. The lowest BCUT2D eigenvalue weighted by Gasteiger charge is -2.44. The van der Waals surface area contributed by atoms with Crippen molar-refractivity contribution in [3.05, 3.63) is 23.9 Å². The van der Waals surface area contributed by atoms with Crippen LogP contribution in [0.25, 0.3) is 10.1 Å². The van der Waals surface area contributed by atoms with Gasteiger partial charge in [-0.1, -0.05) is 0 Å². The second-order valence-corrected chi connectivity index (χ2v) is 10.1. The number of carbonyl (C=O) groups excluding carboxylic acids is 1. The lowest BCUT2D eigenvalue weighted by molar-refractivity contribution is -0.122. The molecule has 12 heteroatoms. The molecule has 3 N–H and O–H groups in total. The van der Waals surface area contributed by atoms with E-state index in [0.29, 0.717) is 17.3 Å². The Balaban J connectivity index is 0.000000808. The molecule has 1 aromatic heterocycles. The molecule has 1 atom stereocenters. The van der Waals surface area contributed by atoms with Gasteiger partial charge in [-0.2, -0.15) is 17.1 Å². The van der Waals surface area contributed by atoms with Gasteiger partial charge in [-0.3, -0.25) is 14.3 Å². The molecule has 3 saturated heterocycles. The van der Waals surface area contributed by atoms with Crippen molar-refractivity contribution in [1.29, 1.82) is 0 Å². The second-order valence-electron chi connectivity index (χ2n) is 7.46. The van der Waals surface area contributed by atoms with E-state index in [2.05, 4.69) is 19.3 Å². The summed E-state index contributed by atoms with van der Waals surface area (Å²) in [6.45, 7) is 2.92. The van der Waals surface area contributed by atoms with Crippen LogP contribution >= 0.6 is 11.5 Å². The number of nitrogens with one attached hydrogen (secondary N) is 2. The summed E-state index contributed by atoms with van der Waals surface area (Å²) in [6.07, 6.45) is 2.27. The third-order valence-electron chi connectivity index (χ3n) is 5.39. The van der Waals surface area contributed by atoms with Crippen molar-refractivity contribution in [1.82, 2.24) is 18.9 Å². The van der Waals surface area contributed by atoms with Crippen molar-refractivity contribution < 1.29 is 24.5 Å². The molecule has 0 radical (unpaired) electrons. The minimum absolute atomic E-state index is 0. The monoisotopic (exact) mass is 457 g/mol. The predicted molar refractivity (Wildman–Crippen MR) is 117 cm³/mol. The summed E-state index contributed by atoms with van der Waals surface area (Å²) in [5.74, 6) is 0.400. The molecule has 5 rings (SSSR count). The number of nitrogens with zero attached hydrogens (tertiary/aromatic N) is 3. The number of piperidine rings is 3. The summed E-state index contributed by atoms with van der Waals surface area (Å²) in [4.78, 5) is 23.5. The summed E-state index contributed by atoms with van der Waals surface area (Å²) in [5, 5.41) is 10.8.